The second-order valence-electron chi connectivity index (χ2n) is 1.29. The van der Waals surface area contributed by atoms with E-state index in [0.717, 1.165) is 0 Å². The second kappa shape index (κ2) is 3.22. The Morgan fingerprint density at radius 1 is 1.62 bits per heavy atom. The Hall–Kier alpha value is 0.140. The summed E-state index contributed by atoms with van der Waals surface area (Å²) in [7, 11) is -3.26. The largest absolute Gasteiger partial charge is 0.333 e. The van der Waals surface area contributed by atoms with Crippen molar-refractivity contribution in [2.24, 2.45) is 5.73 Å². The zero-order valence-corrected chi connectivity index (χ0v) is 5.34. The van der Waals surface area contributed by atoms with Crippen LogP contribution in [0.15, 0.2) is 0 Å². The van der Waals surface area contributed by atoms with Gasteiger partial charge in [0.15, 0.2) is 0 Å². The van der Waals surface area contributed by atoms with E-state index in [2.05, 4.69) is 10.8 Å². The van der Waals surface area contributed by atoms with Crippen molar-refractivity contribution in [2.75, 3.05) is 13.2 Å². The molecule has 0 spiro atoms. The fourth-order valence-electron chi connectivity index (χ4n) is 0.199. The Morgan fingerprint density at radius 3 is 2.25 bits per heavy atom. The molecule has 0 aliphatic carbocycles. The lowest BCUT2D eigenvalue weighted by atomic mass is 10.8. The van der Waals surface area contributed by atoms with Crippen molar-refractivity contribution >= 4 is 13.9 Å². The highest BCUT2D eigenvalue weighted by molar-refractivity contribution is 7.57. The van der Waals surface area contributed by atoms with Gasteiger partial charge in [-0.1, -0.05) is 0 Å². The molecule has 4 nitrogen and oxygen atoms in total. The van der Waals surface area contributed by atoms with Gasteiger partial charge in [0, 0.05) is 6.54 Å². The van der Waals surface area contributed by atoms with E-state index in [1.54, 1.807) is 0 Å². The SMILES string of the molecule is C=P(O)(O)OCCN. The van der Waals surface area contributed by atoms with Crippen LogP contribution in [0.1, 0.15) is 0 Å². The normalized spacial score (nSPS) is 11.9. The Labute approximate surface area is 48.1 Å². The second-order valence-corrected chi connectivity index (χ2v) is 2.87. The average Bonchev–Trinajstić information content (AvgIpc) is 1.59. The van der Waals surface area contributed by atoms with Gasteiger partial charge in [-0.15, -0.1) is 0 Å². The minimum absolute atomic E-state index is 0.143. The molecule has 5 heteroatoms. The summed E-state index contributed by atoms with van der Waals surface area (Å²) >= 11 is 0. The van der Waals surface area contributed by atoms with E-state index in [-0.39, 0.29) is 13.2 Å². The molecular weight excluding hydrogens is 129 g/mol. The zero-order chi connectivity index (χ0) is 6.62. The van der Waals surface area contributed by atoms with Crippen molar-refractivity contribution in [3.63, 3.8) is 0 Å². The summed E-state index contributed by atoms with van der Waals surface area (Å²) < 4.78 is 4.36. The van der Waals surface area contributed by atoms with Crippen LogP contribution in [0.3, 0.4) is 0 Å². The van der Waals surface area contributed by atoms with Crippen LogP contribution >= 0.6 is 7.57 Å². The first-order chi connectivity index (χ1) is 3.56. The molecule has 0 saturated carbocycles. The van der Waals surface area contributed by atoms with Gasteiger partial charge in [-0.3, -0.25) is 0 Å². The molecule has 4 N–H and O–H groups in total. The molecule has 0 rings (SSSR count). The molecule has 0 aromatic rings. The molecule has 0 saturated heterocycles. The van der Waals surface area contributed by atoms with Gasteiger partial charge in [0.1, 0.15) is 0 Å². The first kappa shape index (κ1) is 8.14. The fraction of sp³-hybridized carbons (Fsp3) is 0.667. The molecule has 0 atom stereocenters. The summed E-state index contributed by atoms with van der Waals surface area (Å²) in [6.45, 7) is 0.419. The van der Waals surface area contributed by atoms with E-state index in [1.165, 1.54) is 0 Å². The summed E-state index contributed by atoms with van der Waals surface area (Å²) in [5.41, 5.74) is 4.98. The summed E-state index contributed by atoms with van der Waals surface area (Å²) in [4.78, 5) is 16.9. The Kier molecular flexibility index (Phi) is 3.28. The molecule has 0 aliphatic rings. The summed E-state index contributed by atoms with van der Waals surface area (Å²) in [6, 6.07) is 0. The van der Waals surface area contributed by atoms with Crippen LogP contribution in [-0.4, -0.2) is 29.2 Å². The van der Waals surface area contributed by atoms with Crippen molar-refractivity contribution < 1.29 is 14.3 Å². The van der Waals surface area contributed by atoms with Gasteiger partial charge in [0.25, 0.3) is 0 Å². The van der Waals surface area contributed by atoms with Crippen molar-refractivity contribution in [2.45, 2.75) is 0 Å². The van der Waals surface area contributed by atoms with Gasteiger partial charge in [-0.25, -0.2) is 0 Å². The molecule has 0 heterocycles. The lowest BCUT2D eigenvalue weighted by molar-refractivity contribution is 0.257. The van der Waals surface area contributed by atoms with Gasteiger partial charge in [0.05, 0.1) is 6.61 Å². The Balaban J connectivity index is 3.26. The van der Waals surface area contributed by atoms with Crippen molar-refractivity contribution in [1.29, 1.82) is 0 Å². The van der Waals surface area contributed by atoms with Gasteiger partial charge >= 0.3 is 0 Å². The van der Waals surface area contributed by atoms with Gasteiger partial charge in [0.2, 0.25) is 7.57 Å². The summed E-state index contributed by atoms with van der Waals surface area (Å²) in [5.74, 6) is 0. The third-order valence-corrected chi connectivity index (χ3v) is 1.01. The molecule has 0 aromatic heterocycles. The number of rotatable bonds is 3. The minimum atomic E-state index is -3.26. The maximum atomic E-state index is 8.43. The number of hydrogen-bond donors (Lipinski definition) is 3. The smallest absolute Gasteiger partial charge is 0.245 e. The molecule has 0 bridgehead atoms. The zero-order valence-electron chi connectivity index (χ0n) is 4.45. The van der Waals surface area contributed by atoms with Crippen LogP contribution < -0.4 is 5.73 Å². The molecule has 0 amide bonds. The van der Waals surface area contributed by atoms with Crippen LogP contribution in [-0.2, 0) is 4.52 Å². The van der Waals surface area contributed by atoms with Gasteiger partial charge in [-0.2, -0.15) is 0 Å². The van der Waals surface area contributed by atoms with Crippen molar-refractivity contribution in [3.8, 4) is 0 Å². The van der Waals surface area contributed by atoms with Crippen molar-refractivity contribution in [1.82, 2.24) is 0 Å². The van der Waals surface area contributed by atoms with Crippen LogP contribution in [0.2, 0.25) is 0 Å². The molecule has 0 aliphatic heterocycles. The molecule has 50 valence electrons. The Bertz CT molecular complexity index is 98.7. The molecule has 0 aromatic carbocycles. The van der Waals surface area contributed by atoms with Gasteiger partial charge < -0.3 is 20.0 Å². The minimum Gasteiger partial charge on any atom is -0.333 e. The topological polar surface area (TPSA) is 75.7 Å². The molecule has 0 fully saturated rings. The highest BCUT2D eigenvalue weighted by atomic mass is 31.2. The van der Waals surface area contributed by atoms with Crippen LogP contribution in [0.5, 0.6) is 0 Å². The predicted molar refractivity (Wildman–Crippen MR) is 33.5 cm³/mol. The highest BCUT2D eigenvalue weighted by Crippen LogP contribution is 2.34. The van der Waals surface area contributed by atoms with Crippen LogP contribution in [0, 0.1) is 0 Å². The summed E-state index contributed by atoms with van der Waals surface area (Å²) in [5, 5.41) is 0. The monoisotopic (exact) mass is 139 g/mol. The first-order valence-corrected chi connectivity index (χ1v) is 3.89. The summed E-state index contributed by atoms with van der Waals surface area (Å²) in [6.07, 6.45) is 2.95. The Morgan fingerprint density at radius 2 is 2.12 bits per heavy atom. The third kappa shape index (κ3) is 6.14. The molecular formula is C3H10NO3P. The highest BCUT2D eigenvalue weighted by Gasteiger charge is 2.00. The van der Waals surface area contributed by atoms with E-state index < -0.39 is 7.57 Å². The average molecular weight is 139 g/mol. The van der Waals surface area contributed by atoms with E-state index >= 15 is 0 Å². The van der Waals surface area contributed by atoms with E-state index in [4.69, 9.17) is 15.5 Å². The van der Waals surface area contributed by atoms with E-state index in [1.807, 2.05) is 0 Å². The van der Waals surface area contributed by atoms with Crippen molar-refractivity contribution in [3.05, 3.63) is 0 Å². The van der Waals surface area contributed by atoms with E-state index in [9.17, 15) is 0 Å². The number of hydrogen-bond acceptors (Lipinski definition) is 4. The molecule has 0 unspecified atom stereocenters. The number of nitrogens with two attached hydrogens (primary N) is 1. The van der Waals surface area contributed by atoms with Gasteiger partial charge in [-0.05, 0) is 6.30 Å². The quantitative estimate of drug-likeness (QED) is 0.445. The third-order valence-electron chi connectivity index (χ3n) is 0.416. The van der Waals surface area contributed by atoms with E-state index in [0.29, 0.717) is 0 Å². The van der Waals surface area contributed by atoms with Crippen LogP contribution in [0.25, 0.3) is 0 Å². The molecule has 0 radical (unpaired) electrons. The lowest BCUT2D eigenvalue weighted by Crippen LogP contribution is -2.06. The maximum absolute atomic E-state index is 8.43. The molecule has 8 heavy (non-hydrogen) atoms. The standard InChI is InChI=1S/C3H10NO3P/c1-8(5,6)7-3-2-4/h5-6H,1-4H2. The van der Waals surface area contributed by atoms with Crippen LogP contribution in [0.4, 0.5) is 0 Å². The maximum Gasteiger partial charge on any atom is 0.245 e. The fourth-order valence-corrected chi connectivity index (χ4v) is 0.597. The predicted octanol–water partition coefficient (Wildman–Crippen LogP) is -0.859. The first-order valence-electron chi connectivity index (χ1n) is 2.10. The lowest BCUT2D eigenvalue weighted by Gasteiger charge is -2.07.